The first-order chi connectivity index (χ1) is 8.62. The van der Waals surface area contributed by atoms with Gasteiger partial charge < -0.3 is 14.9 Å². The Morgan fingerprint density at radius 1 is 1.06 bits per heavy atom. The summed E-state index contributed by atoms with van der Waals surface area (Å²) < 4.78 is 0. The fourth-order valence-electron chi connectivity index (χ4n) is 3.35. The second kappa shape index (κ2) is 6.02. The molecule has 104 valence electrons. The molecular formula is C14H26N2O2. The molecule has 0 aromatic rings. The van der Waals surface area contributed by atoms with Gasteiger partial charge in [0.25, 0.3) is 0 Å². The third-order valence-electron chi connectivity index (χ3n) is 4.60. The van der Waals surface area contributed by atoms with Gasteiger partial charge in [-0.25, -0.2) is 0 Å². The second-order valence-electron chi connectivity index (χ2n) is 6.08. The standard InChI is InChI=1S/C14H26N2O2/c1-15-8-5-9-16(11-10-15)12-14(13(17)18)6-3-2-4-7-14/h2-12H2,1H3,(H,17,18). The topological polar surface area (TPSA) is 43.8 Å². The molecule has 2 aliphatic rings. The van der Waals surface area contributed by atoms with Gasteiger partial charge in [-0.05, 0) is 39.4 Å². The molecule has 0 atom stereocenters. The summed E-state index contributed by atoms with van der Waals surface area (Å²) in [6, 6.07) is 0. The van der Waals surface area contributed by atoms with Crippen molar-refractivity contribution >= 4 is 5.97 Å². The maximum Gasteiger partial charge on any atom is 0.310 e. The van der Waals surface area contributed by atoms with E-state index >= 15 is 0 Å². The molecule has 2 fully saturated rings. The molecule has 2 rings (SSSR count). The number of hydrogen-bond donors (Lipinski definition) is 1. The van der Waals surface area contributed by atoms with Gasteiger partial charge >= 0.3 is 5.97 Å². The fourth-order valence-corrected chi connectivity index (χ4v) is 3.35. The van der Waals surface area contributed by atoms with Crippen LogP contribution in [0, 0.1) is 5.41 Å². The predicted octanol–water partition coefficient (Wildman–Crippen LogP) is 1.66. The third kappa shape index (κ3) is 3.23. The van der Waals surface area contributed by atoms with Gasteiger partial charge in [0.15, 0.2) is 0 Å². The highest BCUT2D eigenvalue weighted by atomic mass is 16.4. The summed E-state index contributed by atoms with van der Waals surface area (Å²) >= 11 is 0. The van der Waals surface area contributed by atoms with Gasteiger partial charge in [0.2, 0.25) is 0 Å². The highest BCUT2D eigenvalue weighted by Crippen LogP contribution is 2.37. The number of rotatable bonds is 3. The zero-order valence-corrected chi connectivity index (χ0v) is 11.5. The van der Waals surface area contributed by atoms with E-state index in [1.807, 2.05) is 0 Å². The Morgan fingerprint density at radius 2 is 1.78 bits per heavy atom. The summed E-state index contributed by atoms with van der Waals surface area (Å²) in [7, 11) is 2.15. The van der Waals surface area contributed by atoms with Gasteiger partial charge in [-0.3, -0.25) is 4.79 Å². The average Bonchev–Trinajstić information content (AvgIpc) is 2.55. The Morgan fingerprint density at radius 3 is 2.44 bits per heavy atom. The first kappa shape index (κ1) is 13.8. The number of carbonyl (C=O) groups is 1. The van der Waals surface area contributed by atoms with Gasteiger partial charge in [0.05, 0.1) is 5.41 Å². The van der Waals surface area contributed by atoms with Crippen LogP contribution in [0.3, 0.4) is 0 Å². The van der Waals surface area contributed by atoms with Crippen LogP contribution in [0.5, 0.6) is 0 Å². The van der Waals surface area contributed by atoms with Crippen LogP contribution in [0.1, 0.15) is 38.5 Å². The molecule has 0 unspecified atom stereocenters. The lowest BCUT2D eigenvalue weighted by atomic mass is 9.73. The maximum absolute atomic E-state index is 11.7. The van der Waals surface area contributed by atoms with Crippen molar-refractivity contribution in [1.82, 2.24) is 9.80 Å². The number of nitrogens with zero attached hydrogens (tertiary/aromatic N) is 2. The van der Waals surface area contributed by atoms with Crippen molar-refractivity contribution in [1.29, 1.82) is 0 Å². The quantitative estimate of drug-likeness (QED) is 0.832. The Labute approximate surface area is 110 Å². The van der Waals surface area contributed by atoms with Crippen molar-refractivity contribution in [3.63, 3.8) is 0 Å². The zero-order chi connectivity index (χ0) is 13.0. The molecule has 1 heterocycles. The van der Waals surface area contributed by atoms with Gasteiger partial charge in [0.1, 0.15) is 0 Å². The van der Waals surface area contributed by atoms with E-state index in [0.717, 1.165) is 64.8 Å². The van der Waals surface area contributed by atoms with Crippen LogP contribution in [0.2, 0.25) is 0 Å². The van der Waals surface area contributed by atoms with Crippen molar-refractivity contribution in [2.45, 2.75) is 38.5 Å². The number of hydrogen-bond acceptors (Lipinski definition) is 3. The summed E-state index contributed by atoms with van der Waals surface area (Å²) in [5.74, 6) is -0.570. The Balaban J connectivity index is 1.97. The first-order valence-corrected chi connectivity index (χ1v) is 7.27. The van der Waals surface area contributed by atoms with E-state index in [0.29, 0.717) is 0 Å². The molecule has 1 saturated heterocycles. The third-order valence-corrected chi connectivity index (χ3v) is 4.60. The highest BCUT2D eigenvalue weighted by Gasteiger charge is 2.40. The van der Waals surface area contributed by atoms with Crippen LogP contribution < -0.4 is 0 Å². The monoisotopic (exact) mass is 254 g/mol. The normalized spacial score (nSPS) is 26.7. The van der Waals surface area contributed by atoms with Crippen LogP contribution in [-0.2, 0) is 4.79 Å². The summed E-state index contributed by atoms with van der Waals surface area (Å²) in [6.45, 7) is 5.04. The second-order valence-corrected chi connectivity index (χ2v) is 6.08. The van der Waals surface area contributed by atoms with Crippen LogP contribution in [-0.4, -0.2) is 60.6 Å². The molecule has 0 radical (unpaired) electrons. The zero-order valence-electron chi connectivity index (χ0n) is 11.5. The van der Waals surface area contributed by atoms with Crippen LogP contribution >= 0.6 is 0 Å². The van der Waals surface area contributed by atoms with E-state index in [1.165, 1.54) is 6.42 Å². The minimum atomic E-state index is -0.570. The SMILES string of the molecule is CN1CCCN(CC2(C(=O)O)CCCCC2)CC1. The van der Waals surface area contributed by atoms with Crippen LogP contribution in [0.25, 0.3) is 0 Å². The van der Waals surface area contributed by atoms with E-state index in [1.54, 1.807) is 0 Å². The minimum absolute atomic E-state index is 0.457. The van der Waals surface area contributed by atoms with Gasteiger partial charge in [-0.1, -0.05) is 19.3 Å². The largest absolute Gasteiger partial charge is 0.481 e. The fraction of sp³-hybridized carbons (Fsp3) is 0.929. The molecule has 0 amide bonds. The summed E-state index contributed by atoms with van der Waals surface area (Å²) in [6.07, 6.45) is 6.27. The summed E-state index contributed by atoms with van der Waals surface area (Å²) in [4.78, 5) is 16.4. The number of aliphatic carboxylic acids is 1. The maximum atomic E-state index is 11.7. The molecule has 18 heavy (non-hydrogen) atoms. The Hall–Kier alpha value is -0.610. The molecular weight excluding hydrogens is 228 g/mol. The number of likely N-dealkylation sites (N-methyl/N-ethyl adjacent to an activating group) is 1. The molecule has 4 nitrogen and oxygen atoms in total. The van der Waals surface area contributed by atoms with E-state index in [4.69, 9.17) is 0 Å². The predicted molar refractivity (Wildman–Crippen MR) is 71.7 cm³/mol. The molecule has 1 saturated carbocycles. The molecule has 4 heteroatoms. The molecule has 1 aliphatic carbocycles. The van der Waals surface area contributed by atoms with Crippen molar-refractivity contribution in [3.05, 3.63) is 0 Å². The van der Waals surface area contributed by atoms with Crippen molar-refractivity contribution in [3.8, 4) is 0 Å². The van der Waals surface area contributed by atoms with E-state index in [9.17, 15) is 9.90 Å². The van der Waals surface area contributed by atoms with Gasteiger partial charge in [-0.2, -0.15) is 0 Å². The Kier molecular flexibility index (Phi) is 4.62. The molecule has 0 spiro atoms. The summed E-state index contributed by atoms with van der Waals surface area (Å²) in [5, 5.41) is 9.60. The summed E-state index contributed by atoms with van der Waals surface area (Å²) in [5.41, 5.74) is -0.457. The first-order valence-electron chi connectivity index (χ1n) is 7.27. The van der Waals surface area contributed by atoms with Crippen molar-refractivity contribution in [2.75, 3.05) is 39.8 Å². The lowest BCUT2D eigenvalue weighted by Crippen LogP contribution is -2.45. The lowest BCUT2D eigenvalue weighted by molar-refractivity contribution is -0.152. The lowest BCUT2D eigenvalue weighted by Gasteiger charge is -2.37. The number of carboxylic acid groups (broad SMARTS) is 1. The van der Waals surface area contributed by atoms with Gasteiger partial charge in [0, 0.05) is 19.6 Å². The van der Waals surface area contributed by atoms with Gasteiger partial charge in [-0.15, -0.1) is 0 Å². The smallest absolute Gasteiger partial charge is 0.310 e. The highest BCUT2D eigenvalue weighted by molar-refractivity contribution is 5.75. The van der Waals surface area contributed by atoms with Crippen LogP contribution in [0.4, 0.5) is 0 Å². The minimum Gasteiger partial charge on any atom is -0.481 e. The average molecular weight is 254 g/mol. The Bertz CT molecular complexity index is 288. The van der Waals surface area contributed by atoms with Crippen molar-refractivity contribution in [2.24, 2.45) is 5.41 Å². The van der Waals surface area contributed by atoms with E-state index < -0.39 is 11.4 Å². The molecule has 0 bridgehead atoms. The molecule has 0 aromatic carbocycles. The van der Waals surface area contributed by atoms with Crippen molar-refractivity contribution < 1.29 is 9.90 Å². The number of carboxylic acids is 1. The van der Waals surface area contributed by atoms with E-state index in [-0.39, 0.29) is 0 Å². The molecule has 0 aromatic heterocycles. The van der Waals surface area contributed by atoms with E-state index in [2.05, 4.69) is 16.8 Å². The van der Waals surface area contributed by atoms with Crippen LogP contribution in [0.15, 0.2) is 0 Å². The molecule has 1 N–H and O–H groups in total. The molecule has 1 aliphatic heterocycles.